The van der Waals surface area contributed by atoms with E-state index in [1.54, 1.807) is 0 Å². The van der Waals surface area contributed by atoms with Gasteiger partial charge in [0.2, 0.25) is 0 Å². The van der Waals surface area contributed by atoms with Crippen molar-refractivity contribution in [2.75, 3.05) is 0 Å². The van der Waals surface area contributed by atoms with Crippen molar-refractivity contribution in [1.82, 2.24) is 14.5 Å². The van der Waals surface area contributed by atoms with Crippen LogP contribution >= 0.6 is 0 Å². The minimum absolute atomic E-state index is 0.665. The van der Waals surface area contributed by atoms with E-state index in [1.165, 1.54) is 22.4 Å². The van der Waals surface area contributed by atoms with Crippen LogP contribution in [0.25, 0.3) is 28.2 Å². The second-order valence-electron chi connectivity index (χ2n) is 6.25. The molecule has 0 aliphatic rings. The highest BCUT2D eigenvalue weighted by Crippen LogP contribution is 2.31. The molecular formula is C20H19N3O. The van der Waals surface area contributed by atoms with Crippen LogP contribution in [0.15, 0.2) is 47.1 Å². The predicted octanol–water partition coefficient (Wildman–Crippen LogP) is 4.91. The van der Waals surface area contributed by atoms with Crippen molar-refractivity contribution in [2.45, 2.75) is 27.7 Å². The average Bonchev–Trinajstić information content (AvgIpc) is 3.11. The maximum Gasteiger partial charge on any atom is 0.192 e. The molecule has 0 bridgehead atoms. The number of benzene rings is 2. The number of hydrogen-bond donors (Lipinski definition) is 0. The quantitative estimate of drug-likeness (QED) is 0.527. The fourth-order valence-corrected chi connectivity index (χ4v) is 3.47. The lowest BCUT2D eigenvalue weighted by Crippen LogP contribution is -2.02. The zero-order chi connectivity index (χ0) is 16.8. The molecule has 0 aliphatic heterocycles. The summed E-state index contributed by atoms with van der Waals surface area (Å²) < 4.78 is 7.96. The molecule has 2 aromatic heterocycles. The van der Waals surface area contributed by atoms with Gasteiger partial charge in [0.05, 0.1) is 11.3 Å². The summed E-state index contributed by atoms with van der Waals surface area (Å²) in [6.45, 7) is 8.26. The first-order valence-corrected chi connectivity index (χ1v) is 8.02. The molecule has 4 nitrogen and oxygen atoms in total. The number of nitrogens with zero attached hydrogens (tertiary/aromatic N) is 3. The Morgan fingerprint density at radius 3 is 2.50 bits per heavy atom. The van der Waals surface area contributed by atoms with Gasteiger partial charge in [0.25, 0.3) is 0 Å². The molecule has 4 aromatic rings. The molecule has 120 valence electrons. The molecule has 0 aliphatic carbocycles. The van der Waals surface area contributed by atoms with Crippen LogP contribution in [0.4, 0.5) is 0 Å². The SMILES string of the molecule is Cc1cc(C)c(-n2ccnc2-c2cccc3nc(C)oc23)c(C)c1. The van der Waals surface area contributed by atoms with Gasteiger partial charge >= 0.3 is 0 Å². The Labute approximate surface area is 140 Å². The van der Waals surface area contributed by atoms with E-state index in [0.717, 1.165) is 22.5 Å². The van der Waals surface area contributed by atoms with Gasteiger partial charge < -0.3 is 4.42 Å². The fourth-order valence-electron chi connectivity index (χ4n) is 3.47. The minimum atomic E-state index is 0.665. The van der Waals surface area contributed by atoms with Crippen LogP contribution in [0.3, 0.4) is 0 Å². The lowest BCUT2D eigenvalue weighted by Gasteiger charge is -2.15. The average molecular weight is 317 g/mol. The van der Waals surface area contributed by atoms with Crippen molar-refractivity contribution in [2.24, 2.45) is 0 Å². The molecule has 4 rings (SSSR count). The van der Waals surface area contributed by atoms with E-state index >= 15 is 0 Å². The molecule has 0 spiro atoms. The molecule has 0 amide bonds. The van der Waals surface area contributed by atoms with Gasteiger partial charge in [0, 0.05) is 19.3 Å². The van der Waals surface area contributed by atoms with Gasteiger partial charge in [0.1, 0.15) is 11.3 Å². The maximum atomic E-state index is 5.83. The number of hydrogen-bond acceptors (Lipinski definition) is 3. The zero-order valence-electron chi connectivity index (χ0n) is 14.3. The second kappa shape index (κ2) is 5.34. The standard InChI is InChI=1S/C20H19N3O/c1-12-10-13(2)18(14(3)11-12)23-9-8-21-20(23)16-6-5-7-17-19(16)24-15(4)22-17/h5-11H,1-4H3. The summed E-state index contributed by atoms with van der Waals surface area (Å²) in [5, 5.41) is 0. The van der Waals surface area contributed by atoms with Crippen LogP contribution in [-0.2, 0) is 0 Å². The maximum absolute atomic E-state index is 5.83. The monoisotopic (exact) mass is 317 g/mol. The number of fused-ring (bicyclic) bond motifs is 1. The number of imidazole rings is 1. The number of aromatic nitrogens is 3. The van der Waals surface area contributed by atoms with Gasteiger partial charge in [-0.2, -0.15) is 0 Å². The Bertz CT molecular complexity index is 1030. The van der Waals surface area contributed by atoms with Gasteiger partial charge in [0.15, 0.2) is 11.5 Å². The first-order valence-electron chi connectivity index (χ1n) is 8.02. The highest BCUT2D eigenvalue weighted by molar-refractivity contribution is 5.88. The number of rotatable bonds is 2. The van der Waals surface area contributed by atoms with Crippen molar-refractivity contribution in [3.8, 4) is 17.1 Å². The van der Waals surface area contributed by atoms with Crippen LogP contribution in [0.1, 0.15) is 22.6 Å². The molecule has 0 saturated carbocycles. The number of para-hydroxylation sites is 1. The second-order valence-corrected chi connectivity index (χ2v) is 6.25. The predicted molar refractivity (Wildman–Crippen MR) is 95.5 cm³/mol. The van der Waals surface area contributed by atoms with Crippen molar-refractivity contribution in [3.63, 3.8) is 0 Å². The third kappa shape index (κ3) is 2.22. The zero-order valence-corrected chi connectivity index (χ0v) is 14.3. The van der Waals surface area contributed by atoms with Crippen molar-refractivity contribution < 1.29 is 4.42 Å². The summed E-state index contributed by atoms with van der Waals surface area (Å²) in [5.41, 5.74) is 7.49. The van der Waals surface area contributed by atoms with Gasteiger partial charge in [-0.1, -0.05) is 23.8 Å². The molecular weight excluding hydrogens is 298 g/mol. The Kier molecular flexibility index (Phi) is 3.27. The van der Waals surface area contributed by atoms with Crippen LogP contribution in [0.2, 0.25) is 0 Å². The summed E-state index contributed by atoms with van der Waals surface area (Å²) in [7, 11) is 0. The normalized spacial score (nSPS) is 11.3. The summed E-state index contributed by atoms with van der Waals surface area (Å²) in [4.78, 5) is 9.03. The lowest BCUT2D eigenvalue weighted by molar-refractivity contribution is 0.561. The van der Waals surface area contributed by atoms with E-state index in [9.17, 15) is 0 Å². The van der Waals surface area contributed by atoms with Crippen molar-refractivity contribution in [3.05, 3.63) is 65.3 Å². The fraction of sp³-hybridized carbons (Fsp3) is 0.200. The Balaban J connectivity index is 1.99. The molecule has 0 unspecified atom stereocenters. The van der Waals surface area contributed by atoms with Crippen LogP contribution in [0.5, 0.6) is 0 Å². The smallest absolute Gasteiger partial charge is 0.192 e. The summed E-state index contributed by atoms with van der Waals surface area (Å²) in [6.07, 6.45) is 3.83. The van der Waals surface area contributed by atoms with E-state index in [2.05, 4.69) is 47.4 Å². The van der Waals surface area contributed by atoms with Crippen LogP contribution < -0.4 is 0 Å². The van der Waals surface area contributed by atoms with Crippen molar-refractivity contribution >= 4 is 11.1 Å². The highest BCUT2D eigenvalue weighted by atomic mass is 16.3. The Hall–Kier alpha value is -2.88. The molecule has 0 radical (unpaired) electrons. The van der Waals surface area contributed by atoms with E-state index < -0.39 is 0 Å². The summed E-state index contributed by atoms with van der Waals surface area (Å²) in [6, 6.07) is 10.4. The summed E-state index contributed by atoms with van der Waals surface area (Å²) in [5.74, 6) is 1.53. The summed E-state index contributed by atoms with van der Waals surface area (Å²) >= 11 is 0. The first-order chi connectivity index (χ1) is 11.5. The van der Waals surface area contributed by atoms with Gasteiger partial charge in [-0.3, -0.25) is 4.57 Å². The third-order valence-electron chi connectivity index (χ3n) is 4.28. The van der Waals surface area contributed by atoms with Crippen molar-refractivity contribution in [1.29, 1.82) is 0 Å². The van der Waals surface area contributed by atoms with Gasteiger partial charge in [-0.25, -0.2) is 9.97 Å². The first kappa shape index (κ1) is 14.7. The van der Waals surface area contributed by atoms with E-state index in [0.29, 0.717) is 5.89 Å². The van der Waals surface area contributed by atoms with Crippen LogP contribution in [0, 0.1) is 27.7 Å². The lowest BCUT2D eigenvalue weighted by atomic mass is 10.0. The molecule has 4 heteroatoms. The molecule has 0 atom stereocenters. The largest absolute Gasteiger partial charge is 0.440 e. The Morgan fingerprint density at radius 2 is 1.75 bits per heavy atom. The topological polar surface area (TPSA) is 43.9 Å². The Morgan fingerprint density at radius 1 is 1.00 bits per heavy atom. The van der Waals surface area contributed by atoms with E-state index in [4.69, 9.17) is 4.42 Å². The molecule has 2 aromatic carbocycles. The molecule has 24 heavy (non-hydrogen) atoms. The van der Waals surface area contributed by atoms with Gasteiger partial charge in [-0.05, 0) is 44.0 Å². The molecule has 2 heterocycles. The van der Waals surface area contributed by atoms with Gasteiger partial charge in [-0.15, -0.1) is 0 Å². The molecule has 0 N–H and O–H groups in total. The van der Waals surface area contributed by atoms with E-state index in [1.807, 2.05) is 37.5 Å². The van der Waals surface area contributed by atoms with E-state index in [-0.39, 0.29) is 0 Å². The number of aryl methyl sites for hydroxylation is 4. The third-order valence-corrected chi connectivity index (χ3v) is 4.28. The number of oxazole rings is 1. The highest BCUT2D eigenvalue weighted by Gasteiger charge is 2.17. The molecule has 0 fully saturated rings. The molecule has 0 saturated heterocycles. The van der Waals surface area contributed by atoms with Crippen LogP contribution in [-0.4, -0.2) is 14.5 Å². The minimum Gasteiger partial charge on any atom is -0.440 e.